The SMILES string of the molecule is CC(CCc1ccco1)NCC1CC(F)(F)C(=O)O1. The van der Waals surface area contributed by atoms with Crippen LogP contribution in [0.3, 0.4) is 0 Å². The van der Waals surface area contributed by atoms with Crippen molar-refractivity contribution < 1.29 is 22.7 Å². The van der Waals surface area contributed by atoms with Crippen molar-refractivity contribution >= 4 is 5.97 Å². The van der Waals surface area contributed by atoms with E-state index in [0.29, 0.717) is 0 Å². The lowest BCUT2D eigenvalue weighted by Gasteiger charge is -2.15. The first kappa shape index (κ1) is 14.0. The summed E-state index contributed by atoms with van der Waals surface area (Å²) in [6.07, 6.45) is 1.94. The highest BCUT2D eigenvalue weighted by atomic mass is 19.3. The Hall–Kier alpha value is -1.43. The van der Waals surface area contributed by atoms with Gasteiger partial charge in [0.15, 0.2) is 0 Å². The Bertz CT molecular complexity index is 420. The Balaban J connectivity index is 1.67. The minimum Gasteiger partial charge on any atom is -0.469 e. The third kappa shape index (κ3) is 3.76. The molecule has 1 aliphatic rings. The van der Waals surface area contributed by atoms with E-state index in [0.717, 1.165) is 18.6 Å². The standard InChI is InChI=1S/C13H17F2NO3/c1-9(4-5-10-3-2-6-18-10)16-8-11-7-13(14,15)12(17)19-11/h2-3,6,9,11,16H,4-5,7-8H2,1H3. The molecule has 2 atom stereocenters. The fourth-order valence-electron chi connectivity index (χ4n) is 2.01. The van der Waals surface area contributed by atoms with Gasteiger partial charge in [0, 0.05) is 19.0 Å². The van der Waals surface area contributed by atoms with Gasteiger partial charge in [0.05, 0.1) is 12.7 Å². The number of esters is 1. The summed E-state index contributed by atoms with van der Waals surface area (Å²) in [5.74, 6) is -3.85. The smallest absolute Gasteiger partial charge is 0.377 e. The quantitative estimate of drug-likeness (QED) is 0.807. The Labute approximate surface area is 110 Å². The zero-order valence-corrected chi connectivity index (χ0v) is 10.7. The van der Waals surface area contributed by atoms with Crippen LogP contribution in [-0.2, 0) is 16.0 Å². The number of hydrogen-bond donors (Lipinski definition) is 1. The summed E-state index contributed by atoms with van der Waals surface area (Å²) >= 11 is 0. The van der Waals surface area contributed by atoms with Gasteiger partial charge >= 0.3 is 11.9 Å². The minimum atomic E-state index is -3.33. The van der Waals surface area contributed by atoms with Crippen LogP contribution < -0.4 is 5.32 Å². The van der Waals surface area contributed by atoms with E-state index in [9.17, 15) is 13.6 Å². The molecule has 1 saturated heterocycles. The average Bonchev–Trinajstić information content (AvgIpc) is 2.93. The third-order valence-corrected chi connectivity index (χ3v) is 3.15. The van der Waals surface area contributed by atoms with Crippen molar-refractivity contribution in [2.45, 2.75) is 44.3 Å². The van der Waals surface area contributed by atoms with Crippen molar-refractivity contribution in [2.75, 3.05) is 6.54 Å². The number of halogens is 2. The molecule has 1 aromatic heterocycles. The van der Waals surface area contributed by atoms with Crippen LogP contribution in [0, 0.1) is 0 Å². The van der Waals surface area contributed by atoms with Crippen molar-refractivity contribution in [2.24, 2.45) is 0 Å². The Morgan fingerprint density at radius 3 is 2.95 bits per heavy atom. The monoisotopic (exact) mass is 273 g/mol. The Kier molecular flexibility index (Phi) is 4.19. The lowest BCUT2D eigenvalue weighted by atomic mass is 10.1. The number of carbonyl (C=O) groups excluding carboxylic acids is 1. The summed E-state index contributed by atoms with van der Waals surface area (Å²) in [7, 11) is 0. The fraction of sp³-hybridized carbons (Fsp3) is 0.615. The highest BCUT2D eigenvalue weighted by Crippen LogP contribution is 2.30. The zero-order valence-electron chi connectivity index (χ0n) is 10.7. The molecule has 6 heteroatoms. The van der Waals surface area contributed by atoms with E-state index in [-0.39, 0.29) is 12.6 Å². The fourth-order valence-corrected chi connectivity index (χ4v) is 2.01. The van der Waals surface area contributed by atoms with Crippen molar-refractivity contribution in [3.63, 3.8) is 0 Å². The molecule has 2 rings (SSSR count). The van der Waals surface area contributed by atoms with Crippen LogP contribution in [0.5, 0.6) is 0 Å². The van der Waals surface area contributed by atoms with Gasteiger partial charge in [-0.1, -0.05) is 0 Å². The molecule has 0 aliphatic carbocycles. The van der Waals surface area contributed by atoms with Crippen LogP contribution in [0.2, 0.25) is 0 Å². The zero-order chi connectivity index (χ0) is 13.9. The molecule has 0 spiro atoms. The molecule has 0 bridgehead atoms. The number of nitrogens with one attached hydrogen (secondary N) is 1. The van der Waals surface area contributed by atoms with Gasteiger partial charge in [0.1, 0.15) is 11.9 Å². The summed E-state index contributed by atoms with van der Waals surface area (Å²) in [6, 6.07) is 3.86. The molecular weight excluding hydrogens is 256 g/mol. The normalized spacial score (nSPS) is 23.3. The number of furan rings is 1. The van der Waals surface area contributed by atoms with Crippen LogP contribution in [-0.4, -0.2) is 30.6 Å². The van der Waals surface area contributed by atoms with E-state index >= 15 is 0 Å². The summed E-state index contributed by atoms with van der Waals surface area (Å²) < 4.78 is 35.7. The van der Waals surface area contributed by atoms with Crippen LogP contribution in [0.4, 0.5) is 8.78 Å². The first-order valence-corrected chi connectivity index (χ1v) is 6.32. The van der Waals surface area contributed by atoms with Gasteiger partial charge < -0.3 is 14.5 Å². The molecule has 2 unspecified atom stereocenters. The number of rotatable bonds is 6. The second-order valence-corrected chi connectivity index (χ2v) is 4.86. The molecular formula is C13H17F2NO3. The number of aryl methyl sites for hydroxylation is 1. The molecule has 0 aromatic carbocycles. The molecule has 19 heavy (non-hydrogen) atoms. The highest BCUT2D eigenvalue weighted by Gasteiger charge is 2.50. The topological polar surface area (TPSA) is 51.5 Å². The van der Waals surface area contributed by atoms with E-state index < -0.39 is 24.4 Å². The maximum atomic E-state index is 12.9. The van der Waals surface area contributed by atoms with Gasteiger partial charge in [-0.3, -0.25) is 0 Å². The number of cyclic esters (lactones) is 1. The first-order valence-electron chi connectivity index (χ1n) is 6.32. The average molecular weight is 273 g/mol. The van der Waals surface area contributed by atoms with Crippen LogP contribution in [0.15, 0.2) is 22.8 Å². The van der Waals surface area contributed by atoms with Crippen molar-refractivity contribution in [1.82, 2.24) is 5.32 Å². The predicted molar refractivity (Wildman–Crippen MR) is 63.9 cm³/mol. The molecule has 1 aromatic rings. The minimum absolute atomic E-state index is 0.137. The number of carbonyl (C=O) groups is 1. The maximum absolute atomic E-state index is 12.9. The van der Waals surface area contributed by atoms with Crippen LogP contribution >= 0.6 is 0 Å². The van der Waals surface area contributed by atoms with Gasteiger partial charge in [-0.25, -0.2) is 4.79 Å². The highest BCUT2D eigenvalue weighted by molar-refractivity contribution is 5.79. The molecule has 106 valence electrons. The van der Waals surface area contributed by atoms with Gasteiger partial charge in [0.2, 0.25) is 0 Å². The Morgan fingerprint density at radius 2 is 2.37 bits per heavy atom. The van der Waals surface area contributed by atoms with E-state index in [1.54, 1.807) is 6.26 Å². The van der Waals surface area contributed by atoms with E-state index in [1.165, 1.54) is 0 Å². The van der Waals surface area contributed by atoms with Crippen LogP contribution in [0.25, 0.3) is 0 Å². The summed E-state index contributed by atoms with van der Waals surface area (Å²) in [5, 5.41) is 3.09. The van der Waals surface area contributed by atoms with Gasteiger partial charge in [-0.15, -0.1) is 0 Å². The maximum Gasteiger partial charge on any atom is 0.377 e. The van der Waals surface area contributed by atoms with E-state index in [4.69, 9.17) is 4.42 Å². The first-order chi connectivity index (χ1) is 8.97. The van der Waals surface area contributed by atoms with E-state index in [1.807, 2.05) is 19.1 Å². The molecule has 1 fully saturated rings. The third-order valence-electron chi connectivity index (χ3n) is 3.15. The van der Waals surface area contributed by atoms with E-state index in [2.05, 4.69) is 10.1 Å². The van der Waals surface area contributed by atoms with Crippen LogP contribution in [0.1, 0.15) is 25.5 Å². The predicted octanol–water partition coefficient (Wildman–Crippen LogP) is 2.14. The molecule has 0 saturated carbocycles. The summed E-state index contributed by atoms with van der Waals surface area (Å²) in [5.41, 5.74) is 0. The van der Waals surface area contributed by atoms with Crippen molar-refractivity contribution in [1.29, 1.82) is 0 Å². The van der Waals surface area contributed by atoms with Crippen molar-refractivity contribution in [3.8, 4) is 0 Å². The molecule has 0 amide bonds. The summed E-state index contributed by atoms with van der Waals surface area (Å²) in [4.78, 5) is 10.8. The second kappa shape index (κ2) is 5.69. The largest absolute Gasteiger partial charge is 0.469 e. The van der Waals surface area contributed by atoms with Gasteiger partial charge in [0.25, 0.3) is 0 Å². The van der Waals surface area contributed by atoms with Crippen molar-refractivity contribution in [3.05, 3.63) is 24.2 Å². The second-order valence-electron chi connectivity index (χ2n) is 4.86. The molecule has 4 nitrogen and oxygen atoms in total. The number of ether oxygens (including phenoxy) is 1. The van der Waals surface area contributed by atoms with Gasteiger partial charge in [-0.05, 0) is 25.5 Å². The lowest BCUT2D eigenvalue weighted by molar-refractivity contribution is -0.159. The molecule has 1 aliphatic heterocycles. The molecule has 0 radical (unpaired) electrons. The number of alkyl halides is 2. The summed E-state index contributed by atoms with van der Waals surface area (Å²) in [6.45, 7) is 2.21. The Morgan fingerprint density at radius 1 is 1.58 bits per heavy atom. The molecule has 2 heterocycles. The lowest BCUT2D eigenvalue weighted by Crippen LogP contribution is -2.34. The number of hydrogen-bond acceptors (Lipinski definition) is 4. The van der Waals surface area contributed by atoms with Gasteiger partial charge in [-0.2, -0.15) is 8.78 Å². The molecule has 1 N–H and O–H groups in total.